The number of hydrogen-bond donors (Lipinski definition) is 4. The highest BCUT2D eigenvalue weighted by Gasteiger charge is 2.07. The Kier molecular flexibility index (Phi) is 14.0. The van der Waals surface area contributed by atoms with E-state index in [0.717, 1.165) is 52.0 Å². The maximum atomic E-state index is 11.4. The zero-order chi connectivity index (χ0) is 16.6. The van der Waals surface area contributed by atoms with Gasteiger partial charge in [0.15, 0.2) is 0 Å². The molecule has 0 unspecified atom stereocenters. The van der Waals surface area contributed by atoms with Crippen molar-refractivity contribution in [2.75, 3.05) is 53.4 Å². The van der Waals surface area contributed by atoms with E-state index >= 15 is 0 Å². The summed E-state index contributed by atoms with van der Waals surface area (Å²) < 4.78 is 0. The summed E-state index contributed by atoms with van der Waals surface area (Å²) in [6.45, 7) is 4.86. The molecule has 0 aromatic heterocycles. The molecule has 0 atom stereocenters. The molecule has 0 aliphatic rings. The first-order chi connectivity index (χ1) is 10.6. The molecular formula is C15H33N5O2. The van der Waals surface area contributed by atoms with Gasteiger partial charge in [-0.05, 0) is 25.9 Å². The number of nitrogens with zero attached hydrogens (tertiary/aromatic N) is 1. The predicted octanol–water partition coefficient (Wildman–Crippen LogP) is -0.721. The van der Waals surface area contributed by atoms with E-state index in [1.165, 1.54) is 0 Å². The molecule has 0 bridgehead atoms. The lowest BCUT2D eigenvalue weighted by Gasteiger charge is -2.22. The number of rotatable bonds is 14. The van der Waals surface area contributed by atoms with Gasteiger partial charge in [0.05, 0.1) is 0 Å². The summed E-state index contributed by atoms with van der Waals surface area (Å²) >= 11 is 0. The van der Waals surface area contributed by atoms with Crippen LogP contribution in [-0.2, 0) is 9.59 Å². The first-order valence-electron chi connectivity index (χ1n) is 8.18. The van der Waals surface area contributed by atoms with Crippen LogP contribution in [0.4, 0.5) is 0 Å². The van der Waals surface area contributed by atoms with Crippen molar-refractivity contribution in [3.8, 4) is 0 Å². The molecule has 0 aromatic rings. The van der Waals surface area contributed by atoms with Crippen LogP contribution < -0.4 is 21.7 Å². The molecule has 0 saturated heterocycles. The Hall–Kier alpha value is -1.18. The lowest BCUT2D eigenvalue weighted by Crippen LogP contribution is -2.36. The normalized spacial score (nSPS) is 10.7. The summed E-state index contributed by atoms with van der Waals surface area (Å²) in [5, 5.41) is 8.51. The van der Waals surface area contributed by atoms with E-state index in [2.05, 4.69) is 20.9 Å². The van der Waals surface area contributed by atoms with Crippen LogP contribution in [0, 0.1) is 0 Å². The Morgan fingerprint density at radius 1 is 0.864 bits per heavy atom. The second-order valence-corrected chi connectivity index (χ2v) is 5.29. The van der Waals surface area contributed by atoms with Crippen LogP contribution in [0.1, 0.15) is 32.1 Å². The summed E-state index contributed by atoms with van der Waals surface area (Å²) in [5.74, 6) is 0.116. The van der Waals surface area contributed by atoms with E-state index in [1.54, 1.807) is 14.1 Å². The van der Waals surface area contributed by atoms with E-state index < -0.39 is 0 Å². The van der Waals surface area contributed by atoms with Crippen LogP contribution in [-0.4, -0.2) is 70.1 Å². The van der Waals surface area contributed by atoms with Crippen molar-refractivity contribution < 1.29 is 9.59 Å². The molecule has 7 heteroatoms. The van der Waals surface area contributed by atoms with Gasteiger partial charge in [0.1, 0.15) is 0 Å². The van der Waals surface area contributed by atoms with E-state index in [-0.39, 0.29) is 11.8 Å². The maximum absolute atomic E-state index is 11.4. The van der Waals surface area contributed by atoms with Crippen LogP contribution in [0.5, 0.6) is 0 Å². The van der Waals surface area contributed by atoms with Gasteiger partial charge in [0.2, 0.25) is 11.8 Å². The van der Waals surface area contributed by atoms with Crippen LogP contribution in [0.3, 0.4) is 0 Å². The number of unbranched alkanes of at least 4 members (excludes halogenated alkanes) is 2. The van der Waals surface area contributed by atoms with Gasteiger partial charge in [-0.1, -0.05) is 6.42 Å². The monoisotopic (exact) mass is 315 g/mol. The van der Waals surface area contributed by atoms with Crippen LogP contribution in [0.25, 0.3) is 0 Å². The Labute approximate surface area is 134 Å². The maximum Gasteiger partial charge on any atom is 0.221 e. The number of nitrogens with two attached hydrogens (primary N) is 1. The standard InChI is InChI=1S/C15H33N5O2/c1-17-14(21)6-9-19-10-13-20(11-5-3-4-8-16)12-7-15(22)18-2/h19H,3-13,16H2,1-2H3,(H,17,21)(H,18,22). The second kappa shape index (κ2) is 14.7. The zero-order valence-corrected chi connectivity index (χ0v) is 14.1. The number of amides is 2. The third-order valence-electron chi connectivity index (χ3n) is 3.52. The summed E-state index contributed by atoms with van der Waals surface area (Å²) in [5.41, 5.74) is 5.50. The smallest absolute Gasteiger partial charge is 0.221 e. The van der Waals surface area contributed by atoms with Crippen LogP contribution in [0.2, 0.25) is 0 Å². The summed E-state index contributed by atoms with van der Waals surface area (Å²) in [7, 11) is 3.30. The van der Waals surface area contributed by atoms with Crippen molar-refractivity contribution in [3.05, 3.63) is 0 Å². The third kappa shape index (κ3) is 12.6. The molecule has 0 aromatic carbocycles. The molecule has 5 N–H and O–H groups in total. The summed E-state index contributed by atoms with van der Waals surface area (Å²) in [6.07, 6.45) is 4.28. The highest BCUT2D eigenvalue weighted by atomic mass is 16.2. The lowest BCUT2D eigenvalue weighted by molar-refractivity contribution is -0.121. The summed E-state index contributed by atoms with van der Waals surface area (Å²) in [4.78, 5) is 24.8. The molecule has 0 heterocycles. The Balaban J connectivity index is 3.89. The van der Waals surface area contributed by atoms with Gasteiger partial charge in [0.25, 0.3) is 0 Å². The molecule has 130 valence electrons. The van der Waals surface area contributed by atoms with Gasteiger partial charge in [-0.2, -0.15) is 0 Å². The minimum absolute atomic E-state index is 0.0470. The number of carbonyl (C=O) groups is 2. The fraction of sp³-hybridized carbons (Fsp3) is 0.867. The molecule has 7 nitrogen and oxygen atoms in total. The van der Waals surface area contributed by atoms with E-state index in [0.29, 0.717) is 19.4 Å². The van der Waals surface area contributed by atoms with Crippen LogP contribution in [0.15, 0.2) is 0 Å². The van der Waals surface area contributed by atoms with Crippen molar-refractivity contribution in [2.45, 2.75) is 32.1 Å². The Bertz CT molecular complexity index is 300. The van der Waals surface area contributed by atoms with Gasteiger partial charge in [-0.3, -0.25) is 9.59 Å². The third-order valence-corrected chi connectivity index (χ3v) is 3.52. The average Bonchev–Trinajstić information content (AvgIpc) is 2.54. The molecule has 0 spiro atoms. The molecule has 0 aliphatic heterocycles. The fourth-order valence-corrected chi connectivity index (χ4v) is 2.07. The van der Waals surface area contributed by atoms with Gasteiger partial charge < -0.3 is 26.6 Å². The summed E-state index contributed by atoms with van der Waals surface area (Å²) in [6, 6.07) is 0. The molecular weight excluding hydrogens is 282 g/mol. The Morgan fingerprint density at radius 2 is 1.55 bits per heavy atom. The molecule has 0 aliphatic carbocycles. The SMILES string of the molecule is CNC(=O)CCNCCN(CCCCCN)CCC(=O)NC. The molecule has 0 radical (unpaired) electrons. The van der Waals surface area contributed by atoms with Crippen molar-refractivity contribution in [2.24, 2.45) is 5.73 Å². The highest BCUT2D eigenvalue weighted by molar-refractivity contribution is 5.75. The zero-order valence-electron chi connectivity index (χ0n) is 14.1. The number of nitrogens with one attached hydrogen (secondary N) is 3. The molecule has 0 fully saturated rings. The van der Waals surface area contributed by atoms with Crippen molar-refractivity contribution in [1.82, 2.24) is 20.9 Å². The number of hydrogen-bond acceptors (Lipinski definition) is 5. The van der Waals surface area contributed by atoms with E-state index in [9.17, 15) is 9.59 Å². The predicted molar refractivity (Wildman–Crippen MR) is 89.6 cm³/mol. The molecule has 0 rings (SSSR count). The van der Waals surface area contributed by atoms with Crippen molar-refractivity contribution >= 4 is 11.8 Å². The second-order valence-electron chi connectivity index (χ2n) is 5.29. The van der Waals surface area contributed by atoms with E-state index in [4.69, 9.17) is 5.73 Å². The van der Waals surface area contributed by atoms with Crippen molar-refractivity contribution in [3.63, 3.8) is 0 Å². The minimum atomic E-state index is 0.0470. The fourth-order valence-electron chi connectivity index (χ4n) is 2.07. The largest absolute Gasteiger partial charge is 0.359 e. The average molecular weight is 315 g/mol. The Morgan fingerprint density at radius 3 is 2.18 bits per heavy atom. The first kappa shape index (κ1) is 20.8. The highest BCUT2D eigenvalue weighted by Crippen LogP contribution is 1.99. The molecule has 0 saturated carbocycles. The van der Waals surface area contributed by atoms with Gasteiger partial charge in [-0.25, -0.2) is 0 Å². The van der Waals surface area contributed by atoms with Gasteiger partial charge in [0, 0.05) is 53.1 Å². The van der Waals surface area contributed by atoms with Gasteiger partial charge in [-0.15, -0.1) is 0 Å². The molecule has 22 heavy (non-hydrogen) atoms. The van der Waals surface area contributed by atoms with Crippen molar-refractivity contribution in [1.29, 1.82) is 0 Å². The quantitative estimate of drug-likeness (QED) is 0.317. The number of carbonyl (C=O) groups excluding carboxylic acids is 2. The lowest BCUT2D eigenvalue weighted by atomic mass is 10.2. The minimum Gasteiger partial charge on any atom is -0.359 e. The van der Waals surface area contributed by atoms with Gasteiger partial charge >= 0.3 is 0 Å². The van der Waals surface area contributed by atoms with E-state index in [1.807, 2.05) is 0 Å². The van der Waals surface area contributed by atoms with Crippen LogP contribution >= 0.6 is 0 Å². The first-order valence-corrected chi connectivity index (χ1v) is 8.18. The molecule has 2 amide bonds. The topological polar surface area (TPSA) is 99.5 Å².